The van der Waals surface area contributed by atoms with Gasteiger partial charge in [-0.1, -0.05) is 19.9 Å². The van der Waals surface area contributed by atoms with Gasteiger partial charge in [0.15, 0.2) is 0 Å². The third-order valence-electron chi connectivity index (χ3n) is 4.81. The van der Waals surface area contributed by atoms with E-state index in [9.17, 15) is 14.0 Å². The van der Waals surface area contributed by atoms with E-state index in [0.29, 0.717) is 31.5 Å². The number of fused-ring (bicyclic) bond motifs is 1. The summed E-state index contributed by atoms with van der Waals surface area (Å²) in [4.78, 5) is 26.3. The summed E-state index contributed by atoms with van der Waals surface area (Å²) in [7, 11) is 0. The Labute approximate surface area is 141 Å². The van der Waals surface area contributed by atoms with Crippen LogP contribution in [-0.4, -0.2) is 35.8 Å². The van der Waals surface area contributed by atoms with Gasteiger partial charge in [-0.05, 0) is 42.5 Å². The predicted octanol–water partition coefficient (Wildman–Crippen LogP) is 2.06. The molecule has 1 saturated heterocycles. The van der Waals surface area contributed by atoms with Gasteiger partial charge in [-0.3, -0.25) is 9.59 Å². The van der Waals surface area contributed by atoms with Crippen molar-refractivity contribution in [3.05, 3.63) is 29.1 Å². The number of anilines is 1. The van der Waals surface area contributed by atoms with Crippen molar-refractivity contribution in [3.63, 3.8) is 0 Å². The summed E-state index contributed by atoms with van der Waals surface area (Å²) in [5.41, 5.74) is 1.81. The van der Waals surface area contributed by atoms with Crippen LogP contribution in [0.4, 0.5) is 10.1 Å². The van der Waals surface area contributed by atoms with Crippen LogP contribution >= 0.6 is 0 Å². The summed E-state index contributed by atoms with van der Waals surface area (Å²) >= 11 is 0. The molecule has 1 aromatic rings. The monoisotopic (exact) mass is 333 g/mol. The van der Waals surface area contributed by atoms with Crippen molar-refractivity contribution in [1.29, 1.82) is 0 Å². The normalized spacial score (nSPS) is 18.7. The zero-order chi connectivity index (χ0) is 17.3. The first-order valence-corrected chi connectivity index (χ1v) is 8.60. The van der Waals surface area contributed by atoms with Crippen LogP contribution in [0.3, 0.4) is 0 Å². The van der Waals surface area contributed by atoms with Crippen LogP contribution in [0.5, 0.6) is 0 Å². The van der Waals surface area contributed by atoms with Crippen molar-refractivity contribution in [2.24, 2.45) is 5.92 Å². The molecule has 0 radical (unpaired) electrons. The van der Waals surface area contributed by atoms with Crippen LogP contribution in [0.25, 0.3) is 0 Å². The van der Waals surface area contributed by atoms with Gasteiger partial charge >= 0.3 is 0 Å². The Balaban J connectivity index is 1.81. The molecule has 24 heavy (non-hydrogen) atoms. The molecule has 0 bridgehead atoms. The van der Waals surface area contributed by atoms with Gasteiger partial charge in [0.05, 0.1) is 5.69 Å². The molecule has 0 aromatic heterocycles. The second-order valence-electron chi connectivity index (χ2n) is 6.86. The van der Waals surface area contributed by atoms with E-state index in [2.05, 4.69) is 10.6 Å². The van der Waals surface area contributed by atoms with Crippen LogP contribution in [-0.2, 0) is 22.6 Å². The van der Waals surface area contributed by atoms with Crippen LogP contribution in [0.15, 0.2) is 12.1 Å². The summed E-state index contributed by atoms with van der Waals surface area (Å²) in [5, 5.41) is 5.92. The maximum Gasteiger partial charge on any atom is 0.247 e. The minimum Gasteiger partial charge on any atom is -0.330 e. The number of nitrogens with one attached hydrogen (secondary N) is 2. The molecular formula is C18H24FN3O2. The van der Waals surface area contributed by atoms with Gasteiger partial charge in [-0.25, -0.2) is 4.39 Å². The fourth-order valence-corrected chi connectivity index (χ4v) is 3.60. The first-order valence-electron chi connectivity index (χ1n) is 8.60. The second kappa shape index (κ2) is 6.89. The third kappa shape index (κ3) is 3.15. The summed E-state index contributed by atoms with van der Waals surface area (Å²) in [6.45, 7) is 5.79. The molecule has 6 heteroatoms. The fourth-order valence-electron chi connectivity index (χ4n) is 3.60. The number of hydrogen-bond acceptors (Lipinski definition) is 3. The molecule has 130 valence electrons. The molecule has 2 N–H and O–H groups in total. The lowest BCUT2D eigenvalue weighted by Crippen LogP contribution is -2.48. The topological polar surface area (TPSA) is 61.4 Å². The highest BCUT2D eigenvalue weighted by molar-refractivity contribution is 5.98. The summed E-state index contributed by atoms with van der Waals surface area (Å²) in [5.74, 6) is -0.691. The van der Waals surface area contributed by atoms with E-state index in [1.807, 2.05) is 19.9 Å². The highest BCUT2D eigenvalue weighted by Gasteiger charge is 2.35. The van der Waals surface area contributed by atoms with E-state index in [4.69, 9.17) is 0 Å². The number of hydrogen-bond donors (Lipinski definition) is 2. The molecule has 1 fully saturated rings. The number of likely N-dealkylation sites (tertiary alicyclic amines) is 1. The van der Waals surface area contributed by atoms with Crippen molar-refractivity contribution in [2.75, 3.05) is 18.4 Å². The van der Waals surface area contributed by atoms with E-state index in [0.717, 1.165) is 18.5 Å². The molecule has 2 heterocycles. The molecule has 3 rings (SSSR count). The van der Waals surface area contributed by atoms with Crippen molar-refractivity contribution in [1.82, 2.24) is 10.2 Å². The molecular weight excluding hydrogens is 309 g/mol. The Morgan fingerprint density at radius 1 is 1.33 bits per heavy atom. The van der Waals surface area contributed by atoms with Gasteiger partial charge in [0, 0.05) is 19.5 Å². The predicted molar refractivity (Wildman–Crippen MR) is 90.0 cm³/mol. The van der Waals surface area contributed by atoms with Crippen LogP contribution in [0, 0.1) is 11.7 Å². The molecule has 2 aliphatic rings. The maximum atomic E-state index is 14.7. The van der Waals surface area contributed by atoms with Crippen LogP contribution in [0.1, 0.15) is 37.8 Å². The first kappa shape index (κ1) is 16.9. The van der Waals surface area contributed by atoms with E-state index < -0.39 is 6.04 Å². The summed E-state index contributed by atoms with van der Waals surface area (Å²) < 4.78 is 14.7. The highest BCUT2D eigenvalue weighted by atomic mass is 19.1. The largest absolute Gasteiger partial charge is 0.330 e. The average molecular weight is 333 g/mol. The lowest BCUT2D eigenvalue weighted by atomic mass is 9.98. The van der Waals surface area contributed by atoms with Gasteiger partial charge in [0.2, 0.25) is 11.8 Å². The summed E-state index contributed by atoms with van der Waals surface area (Å²) in [6.07, 6.45) is 1.87. The molecule has 2 amide bonds. The molecule has 1 atom stereocenters. The molecule has 0 aliphatic carbocycles. The van der Waals surface area contributed by atoms with Crippen molar-refractivity contribution < 1.29 is 14.0 Å². The smallest absolute Gasteiger partial charge is 0.247 e. The van der Waals surface area contributed by atoms with Crippen LogP contribution < -0.4 is 10.6 Å². The first-order chi connectivity index (χ1) is 11.5. The number of rotatable bonds is 4. The molecule has 0 saturated carbocycles. The number of benzene rings is 1. The molecule has 0 spiro atoms. The lowest BCUT2D eigenvalue weighted by Gasteiger charge is -2.30. The number of carbonyl (C=O) groups is 2. The number of amides is 2. The van der Waals surface area contributed by atoms with Gasteiger partial charge in [-0.2, -0.15) is 0 Å². The Morgan fingerprint density at radius 3 is 2.79 bits per heavy atom. The number of carbonyl (C=O) groups excluding carboxylic acids is 2. The van der Waals surface area contributed by atoms with Crippen molar-refractivity contribution in [2.45, 2.75) is 45.7 Å². The average Bonchev–Trinajstić information content (AvgIpc) is 2.96. The minimum absolute atomic E-state index is 0.000775. The van der Waals surface area contributed by atoms with E-state index in [1.165, 1.54) is 0 Å². The van der Waals surface area contributed by atoms with Gasteiger partial charge in [-0.15, -0.1) is 0 Å². The maximum absolute atomic E-state index is 14.7. The number of halogens is 1. The minimum atomic E-state index is -0.558. The molecule has 1 unspecified atom stereocenters. The van der Waals surface area contributed by atoms with Gasteiger partial charge < -0.3 is 15.5 Å². The number of nitrogens with zero attached hydrogens (tertiary/aromatic N) is 1. The third-order valence-corrected chi connectivity index (χ3v) is 4.81. The SMILES string of the molecule is CC(C)C(C(=O)Nc1ccc2c(c1F)CCNC2)N1CCCC1=O. The standard InChI is InChI=1S/C18H24FN3O2/c1-11(2)17(22-9-3-4-15(22)23)18(24)21-14-6-5-12-10-20-8-7-13(12)16(14)19/h5-6,11,17,20H,3-4,7-10H2,1-2H3,(H,21,24). The highest BCUT2D eigenvalue weighted by Crippen LogP contribution is 2.26. The van der Waals surface area contributed by atoms with Crippen molar-refractivity contribution >= 4 is 17.5 Å². The van der Waals surface area contributed by atoms with Crippen molar-refractivity contribution in [3.8, 4) is 0 Å². The zero-order valence-corrected chi connectivity index (χ0v) is 14.2. The van der Waals surface area contributed by atoms with Crippen LogP contribution in [0.2, 0.25) is 0 Å². The fraction of sp³-hybridized carbons (Fsp3) is 0.556. The Hall–Kier alpha value is -1.95. The Morgan fingerprint density at radius 2 is 2.12 bits per heavy atom. The Kier molecular flexibility index (Phi) is 4.85. The Bertz CT molecular complexity index is 660. The van der Waals surface area contributed by atoms with E-state index in [-0.39, 0.29) is 29.2 Å². The molecule has 2 aliphatic heterocycles. The van der Waals surface area contributed by atoms with E-state index in [1.54, 1.807) is 11.0 Å². The van der Waals surface area contributed by atoms with E-state index >= 15 is 0 Å². The second-order valence-corrected chi connectivity index (χ2v) is 6.86. The quantitative estimate of drug-likeness (QED) is 0.887. The zero-order valence-electron chi connectivity index (χ0n) is 14.2. The molecule has 5 nitrogen and oxygen atoms in total. The van der Waals surface area contributed by atoms with Gasteiger partial charge in [0.25, 0.3) is 0 Å². The summed E-state index contributed by atoms with van der Waals surface area (Å²) in [6, 6.07) is 2.91. The van der Waals surface area contributed by atoms with Gasteiger partial charge in [0.1, 0.15) is 11.9 Å². The lowest BCUT2D eigenvalue weighted by molar-refractivity contribution is -0.136. The molecule has 1 aromatic carbocycles.